The van der Waals surface area contributed by atoms with Crippen LogP contribution < -0.4 is 9.44 Å². The Morgan fingerprint density at radius 1 is 0.933 bits per heavy atom. The van der Waals surface area contributed by atoms with Crippen LogP contribution in [0.2, 0.25) is 0 Å². The van der Waals surface area contributed by atoms with Crippen molar-refractivity contribution in [2.75, 3.05) is 11.0 Å². The Morgan fingerprint density at radius 3 is 2.23 bits per heavy atom. The quantitative estimate of drug-likeness (QED) is 0.670. The van der Waals surface area contributed by atoms with Crippen LogP contribution >= 0.6 is 0 Å². The van der Waals surface area contributed by atoms with Crippen molar-refractivity contribution in [3.8, 4) is 11.1 Å². The molecule has 0 saturated heterocycles. The van der Waals surface area contributed by atoms with Crippen molar-refractivity contribution in [1.82, 2.24) is 4.72 Å². The predicted molar refractivity (Wildman–Crippen MR) is 123 cm³/mol. The fourth-order valence-corrected chi connectivity index (χ4v) is 4.95. The summed E-state index contributed by atoms with van der Waals surface area (Å²) in [6.07, 6.45) is 5.89. The second kappa shape index (κ2) is 8.91. The van der Waals surface area contributed by atoms with Gasteiger partial charge in [-0.2, -0.15) is 0 Å². The van der Waals surface area contributed by atoms with Gasteiger partial charge < -0.3 is 0 Å². The summed E-state index contributed by atoms with van der Waals surface area (Å²) in [6, 6.07) is 14.9. The van der Waals surface area contributed by atoms with E-state index in [1.807, 2.05) is 30.3 Å². The summed E-state index contributed by atoms with van der Waals surface area (Å²) >= 11 is 0. The minimum atomic E-state index is -3.36. The van der Waals surface area contributed by atoms with E-state index in [9.17, 15) is 16.8 Å². The lowest BCUT2D eigenvalue weighted by molar-refractivity contribution is 0.547. The maximum atomic E-state index is 12.4. The molecular formula is C22H28N2O4S2. The number of benzene rings is 2. The van der Waals surface area contributed by atoms with Crippen molar-refractivity contribution in [1.29, 1.82) is 0 Å². The summed E-state index contributed by atoms with van der Waals surface area (Å²) < 4.78 is 53.0. The summed E-state index contributed by atoms with van der Waals surface area (Å²) in [5.74, 6) is 0. The third-order valence-corrected chi connectivity index (χ3v) is 7.54. The van der Waals surface area contributed by atoms with E-state index in [1.165, 1.54) is 0 Å². The summed E-state index contributed by atoms with van der Waals surface area (Å²) in [5.41, 5.74) is 4.35. The highest BCUT2D eigenvalue weighted by Crippen LogP contribution is 2.30. The number of anilines is 1. The van der Waals surface area contributed by atoms with Crippen LogP contribution in [-0.2, 0) is 20.0 Å². The summed E-state index contributed by atoms with van der Waals surface area (Å²) in [5, 5.41) is -0.476. The standard InChI is InChI=1S/C22H28N2O4S2/c1-16(2)30(27,28)24-22-10-5-4-9-21(22)18-13-11-17(12-14-18)19-7-6-8-20(15-19)23-29(3,25)26/h6-9,11-16,22-24H,4-5,10H2,1-3H3. The van der Waals surface area contributed by atoms with Gasteiger partial charge in [0.25, 0.3) is 0 Å². The molecule has 0 radical (unpaired) electrons. The second-order valence-corrected chi connectivity index (χ2v) is 11.9. The van der Waals surface area contributed by atoms with Gasteiger partial charge in [-0.3, -0.25) is 4.72 Å². The molecule has 0 heterocycles. The number of nitrogens with one attached hydrogen (secondary N) is 2. The molecule has 0 bridgehead atoms. The van der Waals surface area contributed by atoms with Gasteiger partial charge in [-0.15, -0.1) is 0 Å². The maximum absolute atomic E-state index is 12.4. The van der Waals surface area contributed by atoms with E-state index in [4.69, 9.17) is 0 Å². The van der Waals surface area contributed by atoms with Crippen LogP contribution in [0.4, 0.5) is 5.69 Å². The minimum Gasteiger partial charge on any atom is -0.284 e. The molecule has 2 N–H and O–H groups in total. The third-order valence-electron chi connectivity index (χ3n) is 5.08. The molecule has 0 spiro atoms. The predicted octanol–water partition coefficient (Wildman–Crippen LogP) is 3.99. The lowest BCUT2D eigenvalue weighted by Crippen LogP contribution is -2.40. The first-order chi connectivity index (χ1) is 14.0. The van der Waals surface area contributed by atoms with Crippen LogP contribution in [0.15, 0.2) is 54.6 Å². The number of sulfonamides is 2. The number of hydrogen-bond donors (Lipinski definition) is 2. The summed E-state index contributed by atoms with van der Waals surface area (Å²) in [4.78, 5) is 0. The largest absolute Gasteiger partial charge is 0.284 e. The lowest BCUT2D eigenvalue weighted by Gasteiger charge is -2.26. The molecule has 1 aliphatic rings. The topological polar surface area (TPSA) is 92.3 Å². The first-order valence-electron chi connectivity index (χ1n) is 9.95. The van der Waals surface area contributed by atoms with Crippen LogP contribution in [-0.4, -0.2) is 34.4 Å². The molecule has 6 nitrogen and oxygen atoms in total. The lowest BCUT2D eigenvalue weighted by atomic mass is 9.89. The molecule has 30 heavy (non-hydrogen) atoms. The van der Waals surface area contributed by atoms with Crippen molar-refractivity contribution >= 4 is 31.3 Å². The highest BCUT2D eigenvalue weighted by atomic mass is 32.2. The molecule has 0 aromatic heterocycles. The van der Waals surface area contributed by atoms with Crippen LogP contribution in [0.3, 0.4) is 0 Å². The fourth-order valence-electron chi connectivity index (χ4n) is 3.48. The minimum absolute atomic E-state index is 0.223. The first-order valence-corrected chi connectivity index (χ1v) is 13.4. The molecule has 162 valence electrons. The molecule has 0 fully saturated rings. The molecule has 3 rings (SSSR count). The normalized spacial score (nSPS) is 17.6. The van der Waals surface area contributed by atoms with E-state index in [1.54, 1.807) is 32.0 Å². The molecule has 8 heteroatoms. The van der Waals surface area contributed by atoms with E-state index in [2.05, 4.69) is 15.5 Å². The zero-order valence-electron chi connectivity index (χ0n) is 17.4. The number of hydrogen-bond acceptors (Lipinski definition) is 4. The average Bonchev–Trinajstić information content (AvgIpc) is 2.67. The monoisotopic (exact) mass is 448 g/mol. The molecule has 0 saturated carbocycles. The molecule has 2 aromatic rings. The number of rotatable bonds is 7. The van der Waals surface area contributed by atoms with Gasteiger partial charge in [0, 0.05) is 11.7 Å². The Bertz CT molecular complexity index is 1140. The van der Waals surface area contributed by atoms with Crippen molar-refractivity contribution in [2.24, 2.45) is 0 Å². The SMILES string of the molecule is CC(C)S(=O)(=O)NC1CCCC=C1c1ccc(-c2cccc(NS(C)(=O)=O)c2)cc1. The van der Waals surface area contributed by atoms with Crippen LogP contribution in [0.25, 0.3) is 16.7 Å². The van der Waals surface area contributed by atoms with Gasteiger partial charge in [-0.05, 0) is 67.5 Å². The molecule has 1 atom stereocenters. The molecule has 0 aliphatic heterocycles. The van der Waals surface area contributed by atoms with Gasteiger partial charge in [0.15, 0.2) is 0 Å². The van der Waals surface area contributed by atoms with Crippen molar-refractivity contribution < 1.29 is 16.8 Å². The maximum Gasteiger partial charge on any atom is 0.229 e. The van der Waals surface area contributed by atoms with Crippen LogP contribution in [0.5, 0.6) is 0 Å². The summed E-state index contributed by atoms with van der Waals surface area (Å²) in [6.45, 7) is 3.35. The Morgan fingerprint density at radius 2 is 1.60 bits per heavy atom. The van der Waals surface area contributed by atoms with E-state index in [0.29, 0.717) is 5.69 Å². The molecule has 1 aliphatic carbocycles. The van der Waals surface area contributed by atoms with E-state index < -0.39 is 25.3 Å². The van der Waals surface area contributed by atoms with Gasteiger partial charge in [0.2, 0.25) is 20.0 Å². The molecule has 2 aromatic carbocycles. The van der Waals surface area contributed by atoms with Crippen molar-refractivity contribution in [2.45, 2.75) is 44.4 Å². The smallest absolute Gasteiger partial charge is 0.229 e. The van der Waals surface area contributed by atoms with E-state index >= 15 is 0 Å². The third kappa shape index (κ3) is 5.71. The zero-order chi connectivity index (χ0) is 21.9. The van der Waals surface area contributed by atoms with E-state index in [0.717, 1.165) is 47.8 Å². The van der Waals surface area contributed by atoms with Crippen LogP contribution in [0, 0.1) is 0 Å². The highest BCUT2D eigenvalue weighted by Gasteiger charge is 2.26. The molecule has 0 amide bonds. The van der Waals surface area contributed by atoms with E-state index in [-0.39, 0.29) is 6.04 Å². The fraction of sp³-hybridized carbons (Fsp3) is 0.364. The Kier molecular flexibility index (Phi) is 6.69. The average molecular weight is 449 g/mol. The Balaban J connectivity index is 1.84. The molecular weight excluding hydrogens is 420 g/mol. The summed E-state index contributed by atoms with van der Waals surface area (Å²) in [7, 11) is -6.69. The van der Waals surface area contributed by atoms with Gasteiger partial charge >= 0.3 is 0 Å². The number of allylic oxidation sites excluding steroid dienone is 1. The van der Waals surface area contributed by atoms with Crippen molar-refractivity contribution in [3.05, 3.63) is 60.2 Å². The van der Waals surface area contributed by atoms with Gasteiger partial charge in [0.1, 0.15) is 0 Å². The van der Waals surface area contributed by atoms with Gasteiger partial charge in [-0.25, -0.2) is 21.6 Å². The van der Waals surface area contributed by atoms with Gasteiger partial charge in [0.05, 0.1) is 11.5 Å². The van der Waals surface area contributed by atoms with Crippen molar-refractivity contribution in [3.63, 3.8) is 0 Å². The highest BCUT2D eigenvalue weighted by molar-refractivity contribution is 7.92. The zero-order valence-corrected chi connectivity index (χ0v) is 19.1. The Labute approximate surface area is 179 Å². The molecule has 1 unspecified atom stereocenters. The second-order valence-electron chi connectivity index (χ2n) is 7.89. The first kappa shape index (κ1) is 22.5. The van der Waals surface area contributed by atoms with Gasteiger partial charge in [-0.1, -0.05) is 42.5 Å². The van der Waals surface area contributed by atoms with Crippen LogP contribution in [0.1, 0.15) is 38.7 Å². The Hall–Kier alpha value is -2.16.